The van der Waals surface area contributed by atoms with Gasteiger partial charge in [-0.05, 0) is 0 Å². The normalized spacial score (nSPS) is 12.1. The Kier molecular flexibility index (Phi) is 3.58. The maximum Gasteiger partial charge on any atom is 0.305 e. The smallest absolute Gasteiger partial charge is 0.305 e. The summed E-state index contributed by atoms with van der Waals surface area (Å²) in [7, 11) is 0. The molecule has 0 aromatic carbocycles. The third-order valence-corrected chi connectivity index (χ3v) is 2.39. The summed E-state index contributed by atoms with van der Waals surface area (Å²) in [6.07, 6.45) is 1.43. The van der Waals surface area contributed by atoms with E-state index in [9.17, 15) is 9.59 Å². The predicted octanol–water partition coefficient (Wildman–Crippen LogP) is 0.795. The van der Waals surface area contributed by atoms with E-state index in [0.29, 0.717) is 5.01 Å². The molecule has 0 saturated heterocycles. The molecule has 1 aromatic heterocycles. The van der Waals surface area contributed by atoms with E-state index in [1.165, 1.54) is 18.3 Å². The SMILES string of the molecule is CC(=O)NC(CC(=O)O)c1nccs1. The third-order valence-electron chi connectivity index (χ3n) is 1.51. The zero-order valence-electron chi connectivity index (χ0n) is 7.56. The van der Waals surface area contributed by atoms with E-state index in [4.69, 9.17) is 5.11 Å². The number of thiazole rings is 1. The van der Waals surface area contributed by atoms with Crippen LogP contribution in [0.4, 0.5) is 0 Å². The number of hydrogen-bond acceptors (Lipinski definition) is 4. The molecule has 1 atom stereocenters. The Hall–Kier alpha value is -1.43. The molecule has 0 aliphatic heterocycles. The van der Waals surface area contributed by atoms with E-state index in [2.05, 4.69) is 10.3 Å². The van der Waals surface area contributed by atoms with E-state index < -0.39 is 12.0 Å². The van der Waals surface area contributed by atoms with Crippen LogP contribution in [0, 0.1) is 0 Å². The Morgan fingerprint density at radius 2 is 2.43 bits per heavy atom. The van der Waals surface area contributed by atoms with Crippen molar-refractivity contribution in [2.75, 3.05) is 0 Å². The maximum atomic E-state index is 10.8. The molecule has 0 spiro atoms. The Balaban J connectivity index is 2.71. The fourth-order valence-electron chi connectivity index (χ4n) is 1.03. The first kappa shape index (κ1) is 10.6. The highest BCUT2D eigenvalue weighted by atomic mass is 32.1. The van der Waals surface area contributed by atoms with Gasteiger partial charge in [0.15, 0.2) is 0 Å². The topological polar surface area (TPSA) is 79.3 Å². The van der Waals surface area contributed by atoms with Crippen molar-refractivity contribution < 1.29 is 14.7 Å². The summed E-state index contributed by atoms with van der Waals surface area (Å²) in [6.45, 7) is 1.35. The molecule has 5 nitrogen and oxygen atoms in total. The van der Waals surface area contributed by atoms with Crippen molar-refractivity contribution in [3.05, 3.63) is 16.6 Å². The summed E-state index contributed by atoms with van der Waals surface area (Å²) >= 11 is 1.33. The second-order valence-corrected chi connectivity index (χ2v) is 3.65. The van der Waals surface area contributed by atoms with Crippen LogP contribution >= 0.6 is 11.3 Å². The summed E-state index contributed by atoms with van der Waals surface area (Å²) in [6, 6.07) is -0.523. The van der Waals surface area contributed by atoms with Gasteiger partial charge in [0.1, 0.15) is 5.01 Å². The molecule has 1 heterocycles. The summed E-state index contributed by atoms with van der Waals surface area (Å²) in [5.74, 6) is -1.22. The number of aromatic nitrogens is 1. The molecular formula is C8H10N2O3S. The van der Waals surface area contributed by atoms with E-state index in [1.807, 2.05) is 0 Å². The lowest BCUT2D eigenvalue weighted by Gasteiger charge is -2.12. The van der Waals surface area contributed by atoms with Gasteiger partial charge in [-0.2, -0.15) is 0 Å². The quantitative estimate of drug-likeness (QED) is 0.776. The van der Waals surface area contributed by atoms with Crippen molar-refractivity contribution in [3.8, 4) is 0 Å². The molecule has 2 N–H and O–H groups in total. The van der Waals surface area contributed by atoms with Crippen molar-refractivity contribution in [3.63, 3.8) is 0 Å². The van der Waals surface area contributed by atoms with Crippen LogP contribution in [-0.2, 0) is 9.59 Å². The van der Waals surface area contributed by atoms with Gasteiger partial charge in [-0.25, -0.2) is 4.98 Å². The van der Waals surface area contributed by atoms with Gasteiger partial charge in [-0.15, -0.1) is 11.3 Å². The van der Waals surface area contributed by atoms with Crippen molar-refractivity contribution in [2.45, 2.75) is 19.4 Å². The molecule has 14 heavy (non-hydrogen) atoms. The van der Waals surface area contributed by atoms with Gasteiger partial charge in [0.25, 0.3) is 0 Å². The number of carboxylic acid groups (broad SMARTS) is 1. The number of nitrogens with zero attached hydrogens (tertiary/aromatic N) is 1. The van der Waals surface area contributed by atoms with Gasteiger partial charge in [0, 0.05) is 18.5 Å². The Morgan fingerprint density at radius 3 is 2.86 bits per heavy atom. The van der Waals surface area contributed by atoms with E-state index >= 15 is 0 Å². The number of rotatable bonds is 4. The van der Waals surface area contributed by atoms with E-state index in [0.717, 1.165) is 0 Å². The molecule has 76 valence electrons. The van der Waals surface area contributed by atoms with Gasteiger partial charge < -0.3 is 10.4 Å². The van der Waals surface area contributed by atoms with Crippen LogP contribution in [0.1, 0.15) is 24.4 Å². The predicted molar refractivity (Wildman–Crippen MR) is 50.9 cm³/mol. The van der Waals surface area contributed by atoms with Crippen LogP contribution in [0.15, 0.2) is 11.6 Å². The van der Waals surface area contributed by atoms with E-state index in [1.54, 1.807) is 11.6 Å². The second kappa shape index (κ2) is 4.71. The molecule has 0 radical (unpaired) electrons. The fourth-order valence-corrected chi connectivity index (χ4v) is 1.72. The van der Waals surface area contributed by atoms with Crippen molar-refractivity contribution in [1.29, 1.82) is 0 Å². The summed E-state index contributed by atoms with van der Waals surface area (Å²) in [5, 5.41) is 13.5. The molecule has 0 saturated carbocycles. The highest BCUT2D eigenvalue weighted by Crippen LogP contribution is 2.18. The largest absolute Gasteiger partial charge is 0.481 e. The number of hydrogen-bond donors (Lipinski definition) is 2. The summed E-state index contributed by atoms with van der Waals surface area (Å²) < 4.78 is 0. The number of carbonyl (C=O) groups is 2. The van der Waals surface area contributed by atoms with Gasteiger partial charge in [0.05, 0.1) is 12.5 Å². The summed E-state index contributed by atoms with van der Waals surface area (Å²) in [4.78, 5) is 25.3. The number of carbonyl (C=O) groups excluding carboxylic acids is 1. The number of carboxylic acids is 1. The number of amides is 1. The monoisotopic (exact) mass is 214 g/mol. The Bertz CT molecular complexity index is 307. The molecule has 1 amide bonds. The van der Waals surface area contributed by atoms with E-state index in [-0.39, 0.29) is 12.3 Å². The molecule has 1 rings (SSSR count). The van der Waals surface area contributed by atoms with Gasteiger partial charge in [-0.3, -0.25) is 9.59 Å². The standard InChI is InChI=1S/C8H10N2O3S/c1-5(11)10-6(4-7(12)13)8-9-2-3-14-8/h2-3,6H,4H2,1H3,(H,10,11)(H,12,13). The average molecular weight is 214 g/mol. The molecule has 0 fully saturated rings. The van der Waals surface area contributed by atoms with Gasteiger partial charge in [0.2, 0.25) is 5.91 Å². The Labute approximate surface area is 84.8 Å². The molecular weight excluding hydrogens is 204 g/mol. The number of nitrogens with one attached hydrogen (secondary N) is 1. The van der Waals surface area contributed by atoms with Crippen LogP contribution < -0.4 is 5.32 Å². The van der Waals surface area contributed by atoms with Crippen molar-refractivity contribution in [2.24, 2.45) is 0 Å². The highest BCUT2D eigenvalue weighted by Gasteiger charge is 2.18. The lowest BCUT2D eigenvalue weighted by molar-refractivity contribution is -0.137. The van der Waals surface area contributed by atoms with Crippen LogP contribution in [0.5, 0.6) is 0 Å². The minimum atomic E-state index is -0.959. The average Bonchev–Trinajstić information content (AvgIpc) is 2.52. The third kappa shape index (κ3) is 3.14. The summed E-state index contributed by atoms with van der Waals surface area (Å²) in [5.41, 5.74) is 0. The van der Waals surface area contributed by atoms with Crippen LogP contribution in [0.25, 0.3) is 0 Å². The number of aliphatic carboxylic acids is 1. The van der Waals surface area contributed by atoms with Gasteiger partial charge >= 0.3 is 5.97 Å². The van der Waals surface area contributed by atoms with Crippen molar-refractivity contribution in [1.82, 2.24) is 10.3 Å². The highest BCUT2D eigenvalue weighted by molar-refractivity contribution is 7.09. The van der Waals surface area contributed by atoms with Crippen molar-refractivity contribution >= 4 is 23.2 Å². The zero-order chi connectivity index (χ0) is 10.6. The Morgan fingerprint density at radius 1 is 1.71 bits per heavy atom. The first-order chi connectivity index (χ1) is 6.59. The minimum Gasteiger partial charge on any atom is -0.481 e. The molecule has 0 bridgehead atoms. The van der Waals surface area contributed by atoms with Crippen LogP contribution in [0.2, 0.25) is 0 Å². The van der Waals surface area contributed by atoms with Crippen LogP contribution in [-0.4, -0.2) is 22.0 Å². The van der Waals surface area contributed by atoms with Crippen LogP contribution in [0.3, 0.4) is 0 Å². The van der Waals surface area contributed by atoms with Gasteiger partial charge in [-0.1, -0.05) is 0 Å². The fraction of sp³-hybridized carbons (Fsp3) is 0.375. The lowest BCUT2D eigenvalue weighted by Crippen LogP contribution is -2.27. The second-order valence-electron chi connectivity index (χ2n) is 2.72. The molecule has 6 heteroatoms. The first-order valence-corrected chi connectivity index (χ1v) is 4.86. The molecule has 0 aliphatic rings. The first-order valence-electron chi connectivity index (χ1n) is 3.98. The molecule has 1 unspecified atom stereocenters. The lowest BCUT2D eigenvalue weighted by atomic mass is 10.2. The molecule has 1 aromatic rings. The maximum absolute atomic E-state index is 10.8. The molecule has 0 aliphatic carbocycles. The minimum absolute atomic E-state index is 0.146. The zero-order valence-corrected chi connectivity index (χ0v) is 8.37.